The fourth-order valence-electron chi connectivity index (χ4n) is 5.03. The second-order valence-corrected chi connectivity index (χ2v) is 13.0. The van der Waals surface area contributed by atoms with Crippen LogP contribution in [-0.2, 0) is 19.1 Å². The number of benzene rings is 2. The number of carbonyl (C=O) groups is 4. The number of carbonyl (C=O) groups excluding carboxylic acids is 4. The molecule has 0 unspecified atom stereocenters. The van der Waals surface area contributed by atoms with E-state index < -0.39 is 35.5 Å². The lowest BCUT2D eigenvalue weighted by atomic mass is 10.1. The lowest BCUT2D eigenvalue weighted by molar-refractivity contribution is -0.121. The van der Waals surface area contributed by atoms with Crippen molar-refractivity contribution in [3.05, 3.63) is 59.7 Å². The molecule has 2 aliphatic heterocycles. The summed E-state index contributed by atoms with van der Waals surface area (Å²) in [7, 11) is 0. The van der Waals surface area contributed by atoms with Gasteiger partial charge in [0.25, 0.3) is 0 Å². The van der Waals surface area contributed by atoms with Crippen molar-refractivity contribution in [1.29, 1.82) is 0 Å². The first-order valence-electron chi connectivity index (χ1n) is 15.0. The van der Waals surface area contributed by atoms with Gasteiger partial charge in [0, 0.05) is 35.6 Å². The van der Waals surface area contributed by atoms with Gasteiger partial charge in [-0.1, -0.05) is 11.8 Å². The van der Waals surface area contributed by atoms with Crippen LogP contribution in [-0.4, -0.2) is 70.2 Å². The standard InChI is InChI=1S/C34H42N4O6/c1-33(2,3)43-31(41)37-21-7-9-27(37)29(39)35-25-17-13-23(14-18-25)11-12-24-15-19-26(20-16-24)36-30(40)28-10-8-22-38(28)32(42)44-34(4,5)6/h13-20,27-28H,7-10,21-22H2,1-6H3,(H,35,39)(H,36,40)/t27-,28-/m0/s1. The van der Waals surface area contributed by atoms with E-state index in [9.17, 15) is 19.2 Å². The Morgan fingerprint density at radius 1 is 0.636 bits per heavy atom. The van der Waals surface area contributed by atoms with E-state index >= 15 is 0 Å². The van der Waals surface area contributed by atoms with Gasteiger partial charge in [0.05, 0.1) is 0 Å². The maximum atomic E-state index is 12.9. The van der Waals surface area contributed by atoms with Crippen LogP contribution in [0.25, 0.3) is 0 Å². The van der Waals surface area contributed by atoms with Crippen LogP contribution < -0.4 is 10.6 Å². The maximum Gasteiger partial charge on any atom is 0.410 e. The molecule has 0 aromatic heterocycles. The van der Waals surface area contributed by atoms with Crippen LogP contribution in [0.1, 0.15) is 78.4 Å². The van der Waals surface area contributed by atoms with Gasteiger partial charge in [0.15, 0.2) is 0 Å². The molecule has 10 nitrogen and oxygen atoms in total. The third kappa shape index (κ3) is 8.99. The van der Waals surface area contributed by atoms with Crippen molar-refractivity contribution in [2.45, 2.75) is 90.5 Å². The zero-order chi connectivity index (χ0) is 32.1. The van der Waals surface area contributed by atoms with Gasteiger partial charge in [-0.05, 0) is 116 Å². The van der Waals surface area contributed by atoms with E-state index in [0.29, 0.717) is 37.3 Å². The average molecular weight is 603 g/mol. The molecular formula is C34H42N4O6. The summed E-state index contributed by atoms with van der Waals surface area (Å²) in [5, 5.41) is 5.79. The Morgan fingerprint density at radius 3 is 1.30 bits per heavy atom. The topological polar surface area (TPSA) is 117 Å². The van der Waals surface area contributed by atoms with Gasteiger partial charge in [-0.15, -0.1) is 0 Å². The van der Waals surface area contributed by atoms with E-state index in [1.807, 2.05) is 24.3 Å². The summed E-state index contributed by atoms with van der Waals surface area (Å²) < 4.78 is 10.9. The minimum atomic E-state index is -0.627. The summed E-state index contributed by atoms with van der Waals surface area (Å²) >= 11 is 0. The van der Waals surface area contributed by atoms with Crippen molar-refractivity contribution in [1.82, 2.24) is 9.80 Å². The zero-order valence-electron chi connectivity index (χ0n) is 26.4. The number of nitrogens with zero attached hydrogens (tertiary/aromatic N) is 2. The number of likely N-dealkylation sites (tertiary alicyclic amines) is 2. The molecule has 2 aliphatic rings. The highest BCUT2D eigenvalue weighted by atomic mass is 16.6. The number of hydrogen-bond acceptors (Lipinski definition) is 6. The molecule has 10 heteroatoms. The van der Waals surface area contributed by atoms with Crippen molar-refractivity contribution in [2.24, 2.45) is 0 Å². The molecule has 2 aromatic rings. The fourth-order valence-corrected chi connectivity index (χ4v) is 5.03. The van der Waals surface area contributed by atoms with Gasteiger partial charge in [-0.25, -0.2) is 9.59 Å². The minimum Gasteiger partial charge on any atom is -0.444 e. The highest BCUT2D eigenvalue weighted by molar-refractivity contribution is 5.97. The Hall–Kier alpha value is -4.52. The number of nitrogens with one attached hydrogen (secondary N) is 2. The molecule has 2 atom stereocenters. The predicted molar refractivity (Wildman–Crippen MR) is 168 cm³/mol. The second-order valence-electron chi connectivity index (χ2n) is 13.0. The summed E-state index contributed by atoms with van der Waals surface area (Å²) in [6, 6.07) is 13.2. The normalized spacial score (nSPS) is 18.2. The SMILES string of the molecule is CC(C)(C)OC(=O)N1CCC[C@H]1C(=O)Nc1ccc(C#Cc2ccc(NC(=O)[C@@H]3CCCN3C(=O)OC(C)(C)C)cc2)cc1. The van der Waals surface area contributed by atoms with Crippen molar-refractivity contribution in [3.63, 3.8) is 0 Å². The fraction of sp³-hybridized carbons (Fsp3) is 0.471. The number of hydrogen-bond donors (Lipinski definition) is 2. The predicted octanol–water partition coefficient (Wildman–Crippen LogP) is 5.76. The van der Waals surface area contributed by atoms with Gasteiger partial charge in [-0.3, -0.25) is 19.4 Å². The molecule has 44 heavy (non-hydrogen) atoms. The Balaban J connectivity index is 1.30. The Morgan fingerprint density at radius 2 is 0.977 bits per heavy atom. The van der Waals surface area contributed by atoms with Gasteiger partial charge in [0.2, 0.25) is 11.8 Å². The molecule has 0 bridgehead atoms. The molecule has 0 spiro atoms. The molecule has 2 aromatic carbocycles. The molecule has 0 aliphatic carbocycles. The zero-order valence-corrected chi connectivity index (χ0v) is 26.4. The quantitative estimate of drug-likeness (QED) is 0.430. The number of amides is 4. The van der Waals surface area contributed by atoms with Gasteiger partial charge in [0.1, 0.15) is 23.3 Å². The maximum absolute atomic E-state index is 12.9. The summed E-state index contributed by atoms with van der Waals surface area (Å²) in [6.45, 7) is 11.8. The first-order chi connectivity index (χ1) is 20.7. The van der Waals surface area contributed by atoms with Gasteiger partial charge in [-0.2, -0.15) is 0 Å². The molecule has 4 amide bonds. The van der Waals surface area contributed by atoms with Crippen LogP contribution in [0, 0.1) is 11.8 Å². The Kier molecular flexibility index (Phi) is 9.88. The van der Waals surface area contributed by atoms with Crippen molar-refractivity contribution in [3.8, 4) is 11.8 Å². The van der Waals surface area contributed by atoms with Crippen LogP contribution >= 0.6 is 0 Å². The molecule has 2 N–H and O–H groups in total. The van der Waals surface area contributed by atoms with Crippen LogP contribution in [0.2, 0.25) is 0 Å². The van der Waals surface area contributed by atoms with Crippen molar-refractivity contribution in [2.75, 3.05) is 23.7 Å². The lowest BCUT2D eigenvalue weighted by Crippen LogP contribution is -2.45. The smallest absolute Gasteiger partial charge is 0.410 e. The molecule has 2 saturated heterocycles. The van der Waals surface area contributed by atoms with Crippen LogP contribution in [0.3, 0.4) is 0 Å². The molecule has 2 heterocycles. The Bertz CT molecular complexity index is 1320. The van der Waals surface area contributed by atoms with Crippen molar-refractivity contribution >= 4 is 35.4 Å². The third-order valence-corrected chi connectivity index (χ3v) is 7.02. The minimum absolute atomic E-state index is 0.246. The highest BCUT2D eigenvalue weighted by Gasteiger charge is 2.37. The molecule has 4 rings (SSSR count). The van der Waals surface area contributed by atoms with E-state index in [0.717, 1.165) is 24.0 Å². The summed E-state index contributed by atoms with van der Waals surface area (Å²) in [5.41, 5.74) is 1.50. The first kappa shape index (κ1) is 32.4. The molecule has 0 saturated carbocycles. The largest absolute Gasteiger partial charge is 0.444 e. The van der Waals surface area contributed by atoms with E-state index in [4.69, 9.17) is 9.47 Å². The van der Waals surface area contributed by atoms with E-state index in [1.54, 1.807) is 65.8 Å². The van der Waals surface area contributed by atoms with E-state index in [1.165, 1.54) is 9.80 Å². The third-order valence-electron chi connectivity index (χ3n) is 7.02. The monoisotopic (exact) mass is 602 g/mol. The molecule has 2 fully saturated rings. The summed E-state index contributed by atoms with van der Waals surface area (Å²) in [6.07, 6.45) is 1.70. The lowest BCUT2D eigenvalue weighted by Gasteiger charge is -2.28. The van der Waals surface area contributed by atoms with Crippen molar-refractivity contribution < 1.29 is 28.7 Å². The van der Waals surface area contributed by atoms with E-state index in [2.05, 4.69) is 22.5 Å². The second kappa shape index (κ2) is 13.4. The number of anilines is 2. The summed E-state index contributed by atoms with van der Waals surface area (Å²) in [5.74, 6) is 5.72. The first-order valence-corrected chi connectivity index (χ1v) is 15.0. The Labute approximate surface area is 259 Å². The molecule has 234 valence electrons. The van der Waals surface area contributed by atoms with E-state index in [-0.39, 0.29) is 11.8 Å². The van der Waals surface area contributed by atoms with Crippen LogP contribution in [0.5, 0.6) is 0 Å². The molecule has 0 radical (unpaired) electrons. The van der Waals surface area contributed by atoms with Crippen LogP contribution in [0.4, 0.5) is 21.0 Å². The van der Waals surface area contributed by atoms with Gasteiger partial charge < -0.3 is 20.1 Å². The molecular weight excluding hydrogens is 560 g/mol. The van der Waals surface area contributed by atoms with Gasteiger partial charge >= 0.3 is 12.2 Å². The average Bonchev–Trinajstić information content (AvgIpc) is 3.62. The van der Waals surface area contributed by atoms with Crippen LogP contribution in [0.15, 0.2) is 48.5 Å². The number of ether oxygens (including phenoxy) is 2. The highest BCUT2D eigenvalue weighted by Crippen LogP contribution is 2.24. The number of rotatable bonds is 4. The summed E-state index contributed by atoms with van der Waals surface area (Å²) in [4.78, 5) is 53.9.